The molecule has 0 radical (unpaired) electrons. The van der Waals surface area contributed by atoms with Crippen molar-refractivity contribution in [3.63, 3.8) is 0 Å². The average Bonchev–Trinajstić information content (AvgIpc) is 3.34. The molecule has 0 spiro atoms. The number of para-hydroxylation sites is 2. The van der Waals surface area contributed by atoms with Crippen molar-refractivity contribution in [1.82, 2.24) is 4.98 Å². The zero-order chi connectivity index (χ0) is 21.3. The number of carboxylic acids is 1. The molecule has 0 unspecified atom stereocenters. The van der Waals surface area contributed by atoms with Crippen molar-refractivity contribution in [2.75, 3.05) is 0 Å². The fraction of sp³-hybridized carbons (Fsp3) is 0. The van der Waals surface area contributed by atoms with Crippen molar-refractivity contribution >= 4 is 40.6 Å². The van der Waals surface area contributed by atoms with Gasteiger partial charge in [0.25, 0.3) is 5.22 Å². The van der Waals surface area contributed by atoms with E-state index in [1.54, 1.807) is 24.3 Å². The summed E-state index contributed by atoms with van der Waals surface area (Å²) in [6.45, 7) is 0. The first-order valence-electron chi connectivity index (χ1n) is 8.43. The summed E-state index contributed by atoms with van der Waals surface area (Å²) < 4.78 is 24.6. The fourth-order valence-corrected chi connectivity index (χ4v) is 3.37. The van der Waals surface area contributed by atoms with E-state index in [0.717, 1.165) is 23.9 Å². The standard InChI is InChI=1S/C20H11FN2O6S/c21-13-7-5-11(9-15(13)23(26)27)16-8-6-12(28-16)10-18(19(24)25)30-20-22-14-3-1-2-4-17(14)29-20/h1-10H,(H,24,25)/b18-10-. The lowest BCUT2D eigenvalue weighted by atomic mass is 10.1. The Morgan fingerprint density at radius 2 is 1.97 bits per heavy atom. The van der Waals surface area contributed by atoms with E-state index in [2.05, 4.69) is 4.98 Å². The van der Waals surface area contributed by atoms with Gasteiger partial charge in [-0.2, -0.15) is 4.39 Å². The molecule has 0 aliphatic heterocycles. The van der Waals surface area contributed by atoms with Crippen LogP contribution in [0.15, 0.2) is 73.6 Å². The number of oxazole rings is 1. The molecule has 0 bridgehead atoms. The van der Waals surface area contributed by atoms with E-state index in [4.69, 9.17) is 8.83 Å². The number of rotatable bonds is 6. The number of nitro groups is 1. The lowest BCUT2D eigenvalue weighted by Crippen LogP contribution is -1.96. The first-order valence-corrected chi connectivity index (χ1v) is 9.25. The number of thioether (sulfide) groups is 1. The quantitative estimate of drug-likeness (QED) is 0.190. The SMILES string of the molecule is O=C(O)/C(=C/c1ccc(-c2ccc(F)c([N+](=O)[O-])c2)o1)Sc1nc2ccccc2o1. The number of carboxylic acid groups (broad SMARTS) is 1. The van der Waals surface area contributed by atoms with Gasteiger partial charge >= 0.3 is 11.7 Å². The monoisotopic (exact) mass is 426 g/mol. The molecule has 4 aromatic rings. The van der Waals surface area contributed by atoms with Gasteiger partial charge in [-0.25, -0.2) is 9.78 Å². The number of fused-ring (bicyclic) bond motifs is 1. The van der Waals surface area contributed by atoms with Crippen molar-refractivity contribution < 1.29 is 28.0 Å². The van der Waals surface area contributed by atoms with Crippen LogP contribution in [-0.2, 0) is 4.79 Å². The number of hydrogen-bond acceptors (Lipinski definition) is 7. The fourth-order valence-electron chi connectivity index (χ4n) is 2.64. The van der Waals surface area contributed by atoms with Crippen LogP contribution in [0, 0.1) is 15.9 Å². The second-order valence-electron chi connectivity index (χ2n) is 5.99. The van der Waals surface area contributed by atoms with Crippen LogP contribution < -0.4 is 0 Å². The summed E-state index contributed by atoms with van der Waals surface area (Å²) in [5, 5.41) is 20.6. The van der Waals surface area contributed by atoms with E-state index in [-0.39, 0.29) is 27.2 Å². The first kappa shape index (κ1) is 19.4. The molecule has 30 heavy (non-hydrogen) atoms. The predicted molar refractivity (Wildman–Crippen MR) is 106 cm³/mol. The summed E-state index contributed by atoms with van der Waals surface area (Å²) in [5.41, 5.74) is 0.732. The van der Waals surface area contributed by atoms with Gasteiger partial charge in [-0.15, -0.1) is 0 Å². The molecule has 2 aromatic carbocycles. The van der Waals surface area contributed by atoms with Crippen LogP contribution in [0.25, 0.3) is 28.5 Å². The third-order valence-corrected chi connectivity index (χ3v) is 4.87. The van der Waals surface area contributed by atoms with Crippen LogP contribution in [0.2, 0.25) is 0 Å². The van der Waals surface area contributed by atoms with Crippen LogP contribution >= 0.6 is 11.8 Å². The number of aromatic nitrogens is 1. The molecule has 8 nitrogen and oxygen atoms in total. The summed E-state index contributed by atoms with van der Waals surface area (Å²) in [6.07, 6.45) is 1.28. The highest BCUT2D eigenvalue weighted by molar-refractivity contribution is 8.03. The zero-order valence-electron chi connectivity index (χ0n) is 14.9. The molecule has 0 amide bonds. The predicted octanol–water partition coefficient (Wildman–Crippen LogP) is 5.35. The van der Waals surface area contributed by atoms with Crippen LogP contribution in [0.3, 0.4) is 0 Å². The second kappa shape index (κ2) is 7.84. The molecule has 0 aliphatic rings. The Morgan fingerprint density at radius 3 is 2.70 bits per heavy atom. The number of nitrogens with zero attached hydrogens (tertiary/aromatic N) is 2. The Balaban J connectivity index is 1.63. The molecular formula is C20H11FN2O6S. The average molecular weight is 426 g/mol. The van der Waals surface area contributed by atoms with Crippen molar-refractivity contribution in [2.45, 2.75) is 5.22 Å². The Labute approximate surface area is 171 Å². The van der Waals surface area contributed by atoms with Gasteiger partial charge < -0.3 is 13.9 Å². The van der Waals surface area contributed by atoms with Crippen LogP contribution in [-0.4, -0.2) is 21.0 Å². The number of halogens is 1. The van der Waals surface area contributed by atoms with Crippen LogP contribution in [0.4, 0.5) is 10.1 Å². The van der Waals surface area contributed by atoms with E-state index in [9.17, 15) is 24.4 Å². The lowest BCUT2D eigenvalue weighted by Gasteiger charge is -1.99. The second-order valence-corrected chi connectivity index (χ2v) is 6.98. The smallest absolute Gasteiger partial charge is 0.342 e. The van der Waals surface area contributed by atoms with Crippen LogP contribution in [0.5, 0.6) is 0 Å². The summed E-state index contributed by atoms with van der Waals surface area (Å²) >= 11 is 0.816. The number of hydrogen-bond donors (Lipinski definition) is 1. The molecule has 2 heterocycles. The molecule has 4 rings (SSSR count). The van der Waals surface area contributed by atoms with Gasteiger partial charge in [0.15, 0.2) is 5.58 Å². The molecule has 10 heteroatoms. The maximum Gasteiger partial charge on any atom is 0.342 e. The third kappa shape index (κ3) is 3.94. The number of benzene rings is 2. The Bertz CT molecular complexity index is 1280. The molecule has 2 aromatic heterocycles. The van der Waals surface area contributed by atoms with Crippen molar-refractivity contribution in [3.05, 3.63) is 81.2 Å². The highest BCUT2D eigenvalue weighted by Crippen LogP contribution is 2.32. The summed E-state index contributed by atoms with van der Waals surface area (Å²) in [7, 11) is 0. The van der Waals surface area contributed by atoms with Crippen molar-refractivity contribution in [1.29, 1.82) is 0 Å². The van der Waals surface area contributed by atoms with E-state index in [1.807, 2.05) is 0 Å². The molecule has 0 atom stereocenters. The highest BCUT2D eigenvalue weighted by Gasteiger charge is 2.18. The Hall–Kier alpha value is -3.92. The zero-order valence-corrected chi connectivity index (χ0v) is 15.8. The maximum atomic E-state index is 13.5. The molecule has 0 saturated heterocycles. The third-order valence-electron chi connectivity index (χ3n) is 4.01. The maximum absolute atomic E-state index is 13.5. The van der Waals surface area contributed by atoms with Gasteiger partial charge in [0.05, 0.1) is 4.92 Å². The minimum Gasteiger partial charge on any atom is -0.477 e. The van der Waals surface area contributed by atoms with Gasteiger partial charge in [0, 0.05) is 17.7 Å². The number of aliphatic carboxylic acids is 1. The van der Waals surface area contributed by atoms with Gasteiger partial charge in [-0.3, -0.25) is 10.1 Å². The number of nitro benzene ring substituents is 1. The molecule has 150 valence electrons. The van der Waals surface area contributed by atoms with Crippen LogP contribution in [0.1, 0.15) is 5.76 Å². The van der Waals surface area contributed by atoms with Crippen molar-refractivity contribution in [3.8, 4) is 11.3 Å². The van der Waals surface area contributed by atoms with Crippen molar-refractivity contribution in [2.24, 2.45) is 0 Å². The first-order chi connectivity index (χ1) is 14.4. The van der Waals surface area contributed by atoms with Gasteiger partial charge in [0.2, 0.25) is 5.82 Å². The van der Waals surface area contributed by atoms with E-state index in [1.165, 1.54) is 24.3 Å². The Kier molecular flexibility index (Phi) is 5.07. The summed E-state index contributed by atoms with van der Waals surface area (Å²) in [4.78, 5) is 25.8. The van der Waals surface area contributed by atoms with E-state index < -0.39 is 22.4 Å². The molecule has 0 fully saturated rings. The summed E-state index contributed by atoms with van der Waals surface area (Å²) in [5.74, 6) is -1.75. The minimum atomic E-state index is -1.21. The highest BCUT2D eigenvalue weighted by atomic mass is 32.2. The van der Waals surface area contributed by atoms with E-state index in [0.29, 0.717) is 11.1 Å². The molecule has 1 N–H and O–H groups in total. The molecular weight excluding hydrogens is 415 g/mol. The van der Waals surface area contributed by atoms with Gasteiger partial charge in [-0.05, 0) is 48.2 Å². The lowest BCUT2D eigenvalue weighted by molar-refractivity contribution is -0.387. The van der Waals surface area contributed by atoms with Gasteiger partial charge in [-0.1, -0.05) is 12.1 Å². The molecule has 0 saturated carbocycles. The molecule has 0 aliphatic carbocycles. The largest absolute Gasteiger partial charge is 0.477 e. The number of carbonyl (C=O) groups is 1. The normalized spacial score (nSPS) is 11.7. The number of furan rings is 1. The Morgan fingerprint density at radius 1 is 1.17 bits per heavy atom. The van der Waals surface area contributed by atoms with Gasteiger partial charge in [0.1, 0.15) is 21.9 Å². The van der Waals surface area contributed by atoms with E-state index >= 15 is 0 Å². The minimum absolute atomic E-state index is 0.104. The topological polar surface area (TPSA) is 120 Å². The summed E-state index contributed by atoms with van der Waals surface area (Å²) in [6, 6.07) is 13.4.